The van der Waals surface area contributed by atoms with Crippen molar-refractivity contribution in [3.05, 3.63) is 30.3 Å². The molecule has 4 heteroatoms. The molecule has 2 rings (SSSR count). The Hall–Kier alpha value is -0.870. The maximum absolute atomic E-state index is 11.9. The minimum Gasteiger partial charge on any atom is -0.206 e. The van der Waals surface area contributed by atoms with Crippen LogP contribution < -0.4 is 4.72 Å². The molecule has 99 valence electrons. The van der Waals surface area contributed by atoms with Gasteiger partial charge < -0.3 is 0 Å². The molecule has 0 atom stereocenters. The quantitative estimate of drug-likeness (QED) is 0.743. The van der Waals surface area contributed by atoms with Gasteiger partial charge in [0.15, 0.2) is 0 Å². The van der Waals surface area contributed by atoms with Gasteiger partial charge in [-0.3, -0.25) is 0 Å². The molecule has 0 aliphatic heterocycles. The Kier molecular flexibility index (Phi) is 4.78. The van der Waals surface area contributed by atoms with E-state index in [1.807, 2.05) is 0 Å². The molecule has 1 fully saturated rings. The molecule has 1 radical (unpaired) electrons. The standard InChI is InChI=1S/C14H20NO2S/c16-18(17,14-10-2-1-3-11-14)15-12-6-9-13-7-4-5-8-13/h1-3,10-11,13H,4-9,12H2. The number of rotatable bonds is 6. The Morgan fingerprint density at radius 2 is 1.78 bits per heavy atom. The van der Waals surface area contributed by atoms with Crippen molar-refractivity contribution in [2.24, 2.45) is 5.92 Å². The molecule has 1 saturated carbocycles. The van der Waals surface area contributed by atoms with Crippen molar-refractivity contribution in [3.8, 4) is 0 Å². The van der Waals surface area contributed by atoms with Crippen molar-refractivity contribution in [2.45, 2.75) is 43.4 Å². The van der Waals surface area contributed by atoms with Gasteiger partial charge in [0, 0.05) is 6.54 Å². The number of hydrogen-bond donors (Lipinski definition) is 0. The maximum atomic E-state index is 11.9. The molecule has 0 unspecified atom stereocenters. The van der Waals surface area contributed by atoms with E-state index in [0.29, 0.717) is 11.4 Å². The van der Waals surface area contributed by atoms with E-state index in [4.69, 9.17) is 0 Å². The number of nitrogens with zero attached hydrogens (tertiary/aromatic N) is 1. The Morgan fingerprint density at radius 1 is 1.11 bits per heavy atom. The SMILES string of the molecule is O=S(=O)([N]CCCC1CCCC1)c1ccccc1. The van der Waals surface area contributed by atoms with Gasteiger partial charge >= 0.3 is 0 Å². The van der Waals surface area contributed by atoms with E-state index in [1.165, 1.54) is 25.7 Å². The lowest BCUT2D eigenvalue weighted by atomic mass is 10.0. The Bertz CT molecular complexity index is 450. The molecule has 0 saturated heterocycles. The van der Waals surface area contributed by atoms with Crippen LogP contribution in [0.4, 0.5) is 0 Å². The zero-order valence-electron chi connectivity index (χ0n) is 10.6. The zero-order chi connectivity index (χ0) is 12.8. The maximum Gasteiger partial charge on any atom is 0.256 e. The van der Waals surface area contributed by atoms with Crippen molar-refractivity contribution in [1.29, 1.82) is 0 Å². The van der Waals surface area contributed by atoms with Crippen LogP contribution in [0.2, 0.25) is 0 Å². The third kappa shape index (κ3) is 3.82. The summed E-state index contributed by atoms with van der Waals surface area (Å²) in [6.07, 6.45) is 7.30. The summed E-state index contributed by atoms with van der Waals surface area (Å²) >= 11 is 0. The lowest BCUT2D eigenvalue weighted by molar-refractivity contribution is 0.479. The summed E-state index contributed by atoms with van der Waals surface area (Å²) < 4.78 is 27.6. The molecule has 0 amide bonds. The Labute approximate surface area is 110 Å². The van der Waals surface area contributed by atoms with Crippen LogP contribution in [0.3, 0.4) is 0 Å². The van der Waals surface area contributed by atoms with E-state index in [9.17, 15) is 8.42 Å². The fraction of sp³-hybridized carbons (Fsp3) is 0.571. The third-order valence-electron chi connectivity index (χ3n) is 3.55. The van der Waals surface area contributed by atoms with Crippen molar-refractivity contribution in [1.82, 2.24) is 4.72 Å². The van der Waals surface area contributed by atoms with Gasteiger partial charge in [0.25, 0.3) is 10.0 Å². The van der Waals surface area contributed by atoms with E-state index in [1.54, 1.807) is 30.3 Å². The molecule has 0 bridgehead atoms. The normalized spacial score (nSPS) is 17.1. The fourth-order valence-corrected chi connectivity index (χ4v) is 3.55. The number of hydrogen-bond acceptors (Lipinski definition) is 2. The van der Waals surface area contributed by atoms with Gasteiger partial charge in [-0.2, -0.15) is 0 Å². The van der Waals surface area contributed by atoms with Gasteiger partial charge in [-0.05, 0) is 30.9 Å². The highest BCUT2D eigenvalue weighted by molar-refractivity contribution is 7.89. The predicted molar refractivity (Wildman–Crippen MR) is 71.8 cm³/mol. The summed E-state index contributed by atoms with van der Waals surface area (Å²) in [6, 6.07) is 8.44. The van der Waals surface area contributed by atoms with Crippen LogP contribution in [-0.4, -0.2) is 15.0 Å². The Morgan fingerprint density at radius 3 is 2.44 bits per heavy atom. The monoisotopic (exact) mass is 266 g/mol. The topological polar surface area (TPSA) is 48.2 Å². The van der Waals surface area contributed by atoms with E-state index < -0.39 is 10.0 Å². The van der Waals surface area contributed by atoms with Gasteiger partial charge in [0.05, 0.1) is 4.90 Å². The highest BCUT2D eigenvalue weighted by atomic mass is 32.2. The number of benzene rings is 1. The van der Waals surface area contributed by atoms with Gasteiger partial charge in [-0.25, -0.2) is 8.42 Å². The molecule has 1 aromatic rings. The molecule has 0 heterocycles. The van der Waals surface area contributed by atoms with Gasteiger partial charge in [-0.15, -0.1) is 4.72 Å². The lowest BCUT2D eigenvalue weighted by Crippen LogP contribution is -2.18. The summed E-state index contributed by atoms with van der Waals surface area (Å²) in [5.74, 6) is 0.805. The van der Waals surface area contributed by atoms with Crippen LogP contribution in [0.5, 0.6) is 0 Å². The lowest BCUT2D eigenvalue weighted by Gasteiger charge is -2.08. The van der Waals surface area contributed by atoms with E-state index in [-0.39, 0.29) is 0 Å². The molecule has 1 aliphatic carbocycles. The Balaban J connectivity index is 1.75. The van der Waals surface area contributed by atoms with E-state index >= 15 is 0 Å². The third-order valence-corrected chi connectivity index (χ3v) is 4.94. The summed E-state index contributed by atoms with van der Waals surface area (Å²) in [4.78, 5) is 0.297. The van der Waals surface area contributed by atoms with Crippen LogP contribution >= 0.6 is 0 Å². The summed E-state index contributed by atoms with van der Waals surface area (Å²) in [5.41, 5.74) is 0. The molecular weight excluding hydrogens is 246 g/mol. The second-order valence-corrected chi connectivity index (χ2v) is 6.61. The molecule has 0 aromatic heterocycles. The molecule has 1 aliphatic rings. The van der Waals surface area contributed by atoms with Gasteiger partial charge in [0.2, 0.25) is 0 Å². The first kappa shape index (κ1) is 13.6. The minimum atomic E-state index is -3.43. The molecule has 1 aromatic carbocycles. The van der Waals surface area contributed by atoms with Crippen LogP contribution in [0.15, 0.2) is 35.2 Å². The largest absolute Gasteiger partial charge is 0.256 e. The van der Waals surface area contributed by atoms with Crippen molar-refractivity contribution in [2.75, 3.05) is 6.54 Å². The molecule has 3 nitrogen and oxygen atoms in total. The summed E-state index contributed by atoms with van der Waals surface area (Å²) in [5, 5.41) is 0. The zero-order valence-corrected chi connectivity index (χ0v) is 11.4. The average Bonchev–Trinajstić information content (AvgIpc) is 2.89. The minimum absolute atomic E-state index is 0.297. The highest BCUT2D eigenvalue weighted by Crippen LogP contribution is 2.28. The van der Waals surface area contributed by atoms with Crippen LogP contribution in [0.1, 0.15) is 38.5 Å². The van der Waals surface area contributed by atoms with Crippen molar-refractivity contribution < 1.29 is 8.42 Å². The smallest absolute Gasteiger partial charge is 0.206 e. The van der Waals surface area contributed by atoms with Crippen LogP contribution in [-0.2, 0) is 10.0 Å². The highest BCUT2D eigenvalue weighted by Gasteiger charge is 2.17. The average molecular weight is 266 g/mol. The molecule has 0 spiro atoms. The van der Waals surface area contributed by atoms with E-state index in [2.05, 4.69) is 4.72 Å². The second kappa shape index (κ2) is 6.34. The van der Waals surface area contributed by atoms with E-state index in [0.717, 1.165) is 18.8 Å². The van der Waals surface area contributed by atoms with Crippen molar-refractivity contribution in [3.63, 3.8) is 0 Å². The number of sulfonamides is 1. The first-order valence-electron chi connectivity index (χ1n) is 6.67. The molecule has 0 N–H and O–H groups in total. The van der Waals surface area contributed by atoms with Gasteiger partial charge in [-0.1, -0.05) is 43.9 Å². The summed E-state index contributed by atoms with van der Waals surface area (Å²) in [7, 11) is -3.43. The summed E-state index contributed by atoms with van der Waals surface area (Å²) in [6.45, 7) is 0.424. The van der Waals surface area contributed by atoms with Gasteiger partial charge in [0.1, 0.15) is 0 Å². The predicted octanol–water partition coefficient (Wildman–Crippen LogP) is 2.95. The fourth-order valence-electron chi connectivity index (χ4n) is 2.53. The first-order valence-corrected chi connectivity index (χ1v) is 8.11. The molecular formula is C14H20NO2S. The molecule has 18 heavy (non-hydrogen) atoms. The van der Waals surface area contributed by atoms with Crippen LogP contribution in [0.25, 0.3) is 0 Å². The van der Waals surface area contributed by atoms with Crippen molar-refractivity contribution >= 4 is 10.0 Å². The van der Waals surface area contributed by atoms with Crippen LogP contribution in [0, 0.1) is 5.92 Å². The first-order chi connectivity index (χ1) is 8.68. The second-order valence-electron chi connectivity index (χ2n) is 4.93.